The number of nitrogen functional groups attached to an aromatic ring is 2. The Hall–Kier alpha value is -8.38. The molecular formula is C50H51N9O20S6. The number of imidazole rings is 1. The zero-order valence-corrected chi connectivity index (χ0v) is 49.8. The predicted octanol–water partition coefficient (Wildman–Crippen LogP) is 9.42. The molecule has 0 radical (unpaired) electrons. The Labute approximate surface area is 486 Å². The van der Waals surface area contributed by atoms with E-state index in [2.05, 4.69) is 44.7 Å². The highest BCUT2D eigenvalue weighted by Gasteiger charge is 2.27. The second-order valence-corrected chi connectivity index (χ2v) is 25.8. The van der Waals surface area contributed by atoms with Crippen LogP contribution in [0.5, 0.6) is 11.6 Å². The maximum absolute atomic E-state index is 12.2. The molecule has 452 valence electrons. The highest BCUT2D eigenvalue weighted by Crippen LogP contribution is 2.43. The van der Waals surface area contributed by atoms with E-state index in [0.29, 0.717) is 23.5 Å². The van der Waals surface area contributed by atoms with E-state index in [4.69, 9.17) is 25.3 Å². The molecule has 0 spiro atoms. The van der Waals surface area contributed by atoms with Gasteiger partial charge in [0, 0.05) is 55.3 Å². The van der Waals surface area contributed by atoms with Crippen LogP contribution in [-0.2, 0) is 60.7 Å². The van der Waals surface area contributed by atoms with Crippen LogP contribution in [0.2, 0.25) is 0 Å². The lowest BCUT2D eigenvalue weighted by molar-refractivity contribution is 0.319. The summed E-state index contributed by atoms with van der Waals surface area (Å²) in [4.78, 5) is 0.475. The molecule has 0 bridgehead atoms. The number of aromatic hydroxyl groups is 1. The second-order valence-electron chi connectivity index (χ2n) is 17.2. The monoisotopic (exact) mass is 1290 g/mol. The zero-order valence-electron chi connectivity index (χ0n) is 44.9. The van der Waals surface area contributed by atoms with Crippen molar-refractivity contribution in [3.05, 3.63) is 121 Å². The normalized spacial score (nSPS) is 12.5. The van der Waals surface area contributed by atoms with E-state index in [1.807, 2.05) is 13.8 Å². The molecule has 35 heteroatoms. The van der Waals surface area contributed by atoms with Crippen molar-refractivity contribution >= 4 is 139 Å². The van der Waals surface area contributed by atoms with Crippen LogP contribution in [0, 0.1) is 25.2 Å². The summed E-state index contributed by atoms with van der Waals surface area (Å²) < 4.78 is 203. The number of allylic oxidation sites excluding steroid dienone is 1. The third kappa shape index (κ3) is 15.3. The van der Waals surface area contributed by atoms with Crippen molar-refractivity contribution in [2.45, 2.75) is 65.5 Å². The van der Waals surface area contributed by atoms with E-state index in [9.17, 15) is 79.1 Å². The van der Waals surface area contributed by atoms with Gasteiger partial charge in [-0.3, -0.25) is 31.7 Å². The fraction of sp³-hybridized carbons (Fsp3) is 0.160. The number of aromatic nitrogens is 2. The van der Waals surface area contributed by atoms with Crippen LogP contribution in [0.15, 0.2) is 143 Å². The van der Waals surface area contributed by atoms with E-state index in [1.54, 1.807) is 32.9 Å². The van der Waals surface area contributed by atoms with Gasteiger partial charge in [0.25, 0.3) is 60.7 Å². The third-order valence-corrected chi connectivity index (χ3v) is 16.8. The Morgan fingerprint density at radius 3 is 1.67 bits per heavy atom. The lowest BCUT2D eigenvalue weighted by Crippen LogP contribution is -2.09. The van der Waals surface area contributed by atoms with Crippen LogP contribution in [0.25, 0.3) is 44.0 Å². The molecule has 2 aromatic heterocycles. The van der Waals surface area contributed by atoms with Gasteiger partial charge in [-0.2, -0.15) is 55.8 Å². The number of pyridine rings is 1. The fourth-order valence-corrected chi connectivity index (χ4v) is 11.7. The van der Waals surface area contributed by atoms with Crippen molar-refractivity contribution in [2.75, 3.05) is 23.8 Å². The first-order valence-corrected chi connectivity index (χ1v) is 32.6. The first-order chi connectivity index (χ1) is 39.4. The molecule has 8 rings (SSSR count). The molecule has 8 aromatic rings. The van der Waals surface area contributed by atoms with Crippen molar-refractivity contribution in [1.29, 1.82) is 5.26 Å². The zero-order chi connectivity index (χ0) is 64.1. The largest absolute Gasteiger partial charge is 0.493 e. The lowest BCUT2D eigenvalue weighted by Gasteiger charge is -2.14. The average Bonchev–Trinajstić information content (AvgIpc) is 2.06. The minimum Gasteiger partial charge on any atom is -0.493 e. The fourth-order valence-electron chi connectivity index (χ4n) is 8.11. The number of nitriles is 1. The van der Waals surface area contributed by atoms with Gasteiger partial charge in [0.05, 0.1) is 55.5 Å². The van der Waals surface area contributed by atoms with Gasteiger partial charge in [0.15, 0.2) is 11.3 Å². The molecule has 0 amide bonds. The summed E-state index contributed by atoms with van der Waals surface area (Å²) in [6.45, 7) is 14.8. The highest BCUT2D eigenvalue weighted by atomic mass is 32.2. The Balaban J connectivity index is 0.000000407. The molecule has 0 aliphatic rings. The van der Waals surface area contributed by atoms with Gasteiger partial charge in [0.2, 0.25) is 5.88 Å². The minimum absolute atomic E-state index is 0.0330. The predicted molar refractivity (Wildman–Crippen MR) is 313 cm³/mol. The molecule has 0 saturated carbocycles. The second kappa shape index (κ2) is 25.9. The number of benzene rings is 6. The van der Waals surface area contributed by atoms with E-state index in [1.165, 1.54) is 34.7 Å². The van der Waals surface area contributed by atoms with E-state index in [0.717, 1.165) is 36.4 Å². The van der Waals surface area contributed by atoms with Crippen LogP contribution in [0.3, 0.4) is 0 Å². The lowest BCUT2D eigenvalue weighted by atomic mass is 10.1. The maximum atomic E-state index is 12.2. The molecule has 29 nitrogen and oxygen atoms in total. The number of ether oxygens (including phenoxy) is 1. The van der Waals surface area contributed by atoms with Crippen LogP contribution in [0.1, 0.15) is 49.7 Å². The Morgan fingerprint density at radius 1 is 0.635 bits per heavy atom. The van der Waals surface area contributed by atoms with Crippen LogP contribution >= 0.6 is 0 Å². The van der Waals surface area contributed by atoms with Crippen molar-refractivity contribution < 1.29 is 87.7 Å². The Bertz CT molecular complexity index is 4870. The summed E-state index contributed by atoms with van der Waals surface area (Å²) in [7, 11) is -28.7. The molecule has 6 aromatic carbocycles. The molecule has 0 aliphatic heterocycles. The number of hydrogen-bond donors (Lipinski definition) is 9. The van der Waals surface area contributed by atoms with Gasteiger partial charge in [-0.05, 0) is 100.0 Å². The Morgan fingerprint density at radius 2 is 1.13 bits per heavy atom. The molecule has 0 fully saturated rings. The third-order valence-electron chi connectivity index (χ3n) is 11.7. The molecule has 0 unspecified atom stereocenters. The summed E-state index contributed by atoms with van der Waals surface area (Å²) in [5, 5.41) is 38.2. The van der Waals surface area contributed by atoms with Crippen molar-refractivity contribution in [1.82, 2.24) is 9.38 Å². The van der Waals surface area contributed by atoms with Crippen molar-refractivity contribution in [2.24, 2.45) is 20.5 Å². The van der Waals surface area contributed by atoms with Crippen molar-refractivity contribution in [3.63, 3.8) is 0 Å². The van der Waals surface area contributed by atoms with Crippen LogP contribution in [-0.4, -0.2) is 105 Å². The molecular weight excluding hydrogens is 1240 g/mol. The summed E-state index contributed by atoms with van der Waals surface area (Å²) >= 11 is 0. The number of fused-ring (bicyclic) bond motifs is 4. The standard InChI is InChI=1S/C36H32N8O11S3.C10H9NO9S3.C2H6.C2H4/c1-4-6-31-20(3)39-35-26(18-37)19(2)34(36(45)44(31)35)43-42-29-12-11-28(23-8-7-21(15-24(23)29)57(49,50)51)40-41-30-10-9-27(38)33-25(30)16-22(58(52,53)54)17-32(33)55-13-5-14-56(46,47)48;11-5-1-7-8(9(2-5)22(15,16)17)3-6(21(12,13)14)4-10(7)23(18,19)20;2*1-2/h4,6-12,15-17,45H,5,13-14,38H2,1-3H3,(H,46,47,48)(H,49,50,51)(H,52,53,54);1-4H,11H2,(H,12,13,14)(H,15,16,17)(H,18,19,20);1-2H3;1-2H2/b6-4-,41-40?,43-42?;;;. The smallest absolute Gasteiger partial charge is 0.295 e. The Kier molecular flexibility index (Phi) is 20.5. The van der Waals surface area contributed by atoms with E-state index < -0.39 is 102 Å². The van der Waals surface area contributed by atoms with E-state index >= 15 is 0 Å². The number of nitrogens with two attached hydrogens (primary N) is 2. The van der Waals surface area contributed by atoms with Crippen LogP contribution < -0.4 is 16.2 Å². The maximum Gasteiger partial charge on any atom is 0.295 e. The molecule has 0 saturated heterocycles. The van der Waals surface area contributed by atoms with Gasteiger partial charge in [-0.15, -0.1) is 33.6 Å². The van der Waals surface area contributed by atoms with Gasteiger partial charge < -0.3 is 21.3 Å². The molecule has 11 N–H and O–H groups in total. The summed E-state index contributed by atoms with van der Waals surface area (Å²) in [5.41, 5.74) is 13.3. The van der Waals surface area contributed by atoms with Gasteiger partial charge >= 0.3 is 0 Å². The summed E-state index contributed by atoms with van der Waals surface area (Å²) in [5.74, 6) is -1.14. The molecule has 85 heavy (non-hydrogen) atoms. The van der Waals surface area contributed by atoms with Gasteiger partial charge in [0.1, 0.15) is 27.2 Å². The van der Waals surface area contributed by atoms with Gasteiger partial charge in [-0.1, -0.05) is 26.0 Å². The summed E-state index contributed by atoms with van der Waals surface area (Å²) in [6, 6.07) is 16.2. The number of azo groups is 2. The molecule has 2 heterocycles. The molecule has 0 atom stereocenters. The SMILES string of the molecule is C/C=C\c1c(C)nc2c(C#N)c(C)c(N=Nc3ccc(N=Nc4ccc(N)c5c(OCCCS(=O)(=O)O)cc(S(=O)(=O)O)cc45)c4ccc(S(=O)(=O)O)cc34)c(O)n12.C=C.CC.Nc1cc(S(=O)(=O)O)c2cc(S(=O)(=O)O)cc(S(=O)(=O)O)c2c1. The van der Waals surface area contributed by atoms with Gasteiger partial charge in [-0.25, -0.2) is 4.98 Å². The first kappa shape index (κ1) is 67.4. The topological polar surface area (TPSA) is 498 Å². The minimum atomic E-state index is -5.00. The number of hydrogen-bond acceptors (Lipinski definition) is 22. The average molecular weight is 1290 g/mol. The molecule has 0 aliphatic carbocycles. The van der Waals surface area contributed by atoms with E-state index in [-0.39, 0.29) is 97.1 Å². The number of rotatable bonds is 15. The quantitative estimate of drug-likeness (QED) is 0.0152. The number of nitrogens with zero attached hydrogens (tertiary/aromatic N) is 7. The van der Waals surface area contributed by atoms with Crippen molar-refractivity contribution in [3.8, 4) is 17.7 Å². The summed E-state index contributed by atoms with van der Waals surface area (Å²) in [6.07, 6.45) is 3.27. The number of aryl methyl sites for hydroxylation is 1. The highest BCUT2D eigenvalue weighted by molar-refractivity contribution is 7.87. The van der Waals surface area contributed by atoms with Crippen LogP contribution in [0.4, 0.5) is 34.1 Å². The first-order valence-electron chi connectivity index (χ1n) is 23.8. The number of anilines is 2.